The molecule has 0 bridgehead atoms. The minimum absolute atomic E-state index is 0.175. The van der Waals surface area contributed by atoms with Crippen LogP contribution in [0.25, 0.3) is 0 Å². The Morgan fingerprint density at radius 2 is 1.65 bits per heavy atom. The number of nitrogens with zero attached hydrogens (tertiary/aromatic N) is 1. The predicted molar refractivity (Wildman–Crippen MR) is 105 cm³/mol. The topological polar surface area (TPSA) is 50.8 Å². The van der Waals surface area contributed by atoms with Gasteiger partial charge in [0.2, 0.25) is 0 Å². The van der Waals surface area contributed by atoms with Gasteiger partial charge in [-0.1, -0.05) is 6.07 Å². The summed E-state index contributed by atoms with van der Waals surface area (Å²) in [5.41, 5.74) is 2.46. The minimum Gasteiger partial charge on any atom is -0.494 e. The average molecular weight is 354 g/mol. The summed E-state index contributed by atoms with van der Waals surface area (Å²) in [6.45, 7) is 7.05. The van der Waals surface area contributed by atoms with Gasteiger partial charge in [0, 0.05) is 36.1 Å². The first-order valence-electron chi connectivity index (χ1n) is 9.26. The lowest BCUT2D eigenvalue weighted by atomic mass is 10.1. The van der Waals surface area contributed by atoms with Crippen LogP contribution in [0.4, 0.5) is 11.4 Å². The van der Waals surface area contributed by atoms with Gasteiger partial charge >= 0.3 is 0 Å². The van der Waals surface area contributed by atoms with Crippen molar-refractivity contribution in [3.05, 3.63) is 48.0 Å². The third-order valence-corrected chi connectivity index (χ3v) is 4.34. The van der Waals surface area contributed by atoms with Gasteiger partial charge in [-0.3, -0.25) is 4.79 Å². The first-order chi connectivity index (χ1) is 12.7. The van der Waals surface area contributed by atoms with Crippen LogP contribution in [0.1, 0.15) is 37.0 Å². The van der Waals surface area contributed by atoms with E-state index in [1.54, 1.807) is 18.2 Å². The van der Waals surface area contributed by atoms with Crippen LogP contribution in [0.3, 0.4) is 0 Å². The van der Waals surface area contributed by atoms with Crippen LogP contribution in [-0.2, 0) is 0 Å². The fourth-order valence-electron chi connectivity index (χ4n) is 3.16. The van der Waals surface area contributed by atoms with E-state index in [1.807, 2.05) is 32.0 Å². The Labute approximate surface area is 154 Å². The van der Waals surface area contributed by atoms with Gasteiger partial charge in [-0.2, -0.15) is 0 Å². The minimum atomic E-state index is -0.175. The van der Waals surface area contributed by atoms with Crippen LogP contribution in [0, 0.1) is 0 Å². The monoisotopic (exact) mass is 354 g/mol. The first kappa shape index (κ1) is 18.1. The van der Waals surface area contributed by atoms with Crippen LogP contribution in [-0.4, -0.2) is 32.2 Å². The van der Waals surface area contributed by atoms with Gasteiger partial charge in [0.05, 0.1) is 13.2 Å². The number of amides is 1. The summed E-state index contributed by atoms with van der Waals surface area (Å²) >= 11 is 0. The van der Waals surface area contributed by atoms with Crippen molar-refractivity contribution in [1.29, 1.82) is 0 Å². The average Bonchev–Trinajstić information content (AvgIpc) is 3.17. The number of benzene rings is 2. The van der Waals surface area contributed by atoms with Crippen molar-refractivity contribution in [2.45, 2.75) is 26.7 Å². The third-order valence-electron chi connectivity index (χ3n) is 4.34. The van der Waals surface area contributed by atoms with E-state index in [4.69, 9.17) is 9.47 Å². The zero-order valence-corrected chi connectivity index (χ0v) is 15.5. The van der Waals surface area contributed by atoms with Gasteiger partial charge in [-0.25, -0.2) is 0 Å². The van der Waals surface area contributed by atoms with Gasteiger partial charge in [0.15, 0.2) is 0 Å². The van der Waals surface area contributed by atoms with E-state index in [0.717, 1.165) is 24.5 Å². The standard InChI is InChI=1S/C21H26N2O3/c1-3-25-19-12-16(13-20(15-19)26-4-2)21(24)22-17-8-7-9-18(14-17)23-10-5-6-11-23/h7-9,12-15H,3-6,10-11H2,1-2H3,(H,22,24). The van der Waals surface area contributed by atoms with Gasteiger partial charge in [-0.15, -0.1) is 0 Å². The molecular weight excluding hydrogens is 328 g/mol. The lowest BCUT2D eigenvalue weighted by Crippen LogP contribution is -2.18. The molecular formula is C21H26N2O3. The molecule has 2 aromatic rings. The Bertz CT molecular complexity index is 730. The number of carbonyl (C=O) groups is 1. The summed E-state index contributed by atoms with van der Waals surface area (Å²) in [5, 5.41) is 2.98. The van der Waals surface area contributed by atoms with E-state index in [9.17, 15) is 4.79 Å². The molecule has 5 nitrogen and oxygen atoms in total. The lowest BCUT2D eigenvalue weighted by Gasteiger charge is -2.18. The van der Waals surface area contributed by atoms with Crippen LogP contribution in [0.15, 0.2) is 42.5 Å². The summed E-state index contributed by atoms with van der Waals surface area (Å²) in [6, 6.07) is 13.3. The molecule has 1 N–H and O–H groups in total. The highest BCUT2D eigenvalue weighted by Gasteiger charge is 2.14. The molecule has 1 heterocycles. The van der Waals surface area contributed by atoms with Crippen molar-refractivity contribution >= 4 is 17.3 Å². The first-order valence-corrected chi connectivity index (χ1v) is 9.26. The van der Waals surface area contributed by atoms with E-state index in [-0.39, 0.29) is 5.91 Å². The Morgan fingerprint density at radius 1 is 1.00 bits per heavy atom. The van der Waals surface area contributed by atoms with Gasteiger partial charge < -0.3 is 19.7 Å². The molecule has 138 valence electrons. The van der Waals surface area contributed by atoms with Crippen molar-refractivity contribution in [1.82, 2.24) is 0 Å². The Hall–Kier alpha value is -2.69. The van der Waals surface area contributed by atoms with Crippen LogP contribution in [0.5, 0.6) is 11.5 Å². The normalized spacial score (nSPS) is 13.5. The molecule has 1 aliphatic heterocycles. The van der Waals surface area contributed by atoms with Crippen molar-refractivity contribution in [2.24, 2.45) is 0 Å². The van der Waals surface area contributed by atoms with Gasteiger partial charge in [0.25, 0.3) is 5.91 Å². The molecule has 0 atom stereocenters. The fraction of sp³-hybridized carbons (Fsp3) is 0.381. The SMILES string of the molecule is CCOc1cc(OCC)cc(C(=O)Nc2cccc(N3CCCC3)c2)c1. The zero-order valence-electron chi connectivity index (χ0n) is 15.5. The fourth-order valence-corrected chi connectivity index (χ4v) is 3.16. The van der Waals surface area contributed by atoms with Crippen molar-refractivity contribution < 1.29 is 14.3 Å². The highest BCUT2D eigenvalue weighted by atomic mass is 16.5. The number of ether oxygens (including phenoxy) is 2. The van der Waals surface area contributed by atoms with E-state index < -0.39 is 0 Å². The summed E-state index contributed by atoms with van der Waals surface area (Å²) in [6.07, 6.45) is 2.45. The summed E-state index contributed by atoms with van der Waals surface area (Å²) < 4.78 is 11.1. The Kier molecular flexibility index (Phi) is 6.00. The molecule has 3 rings (SSSR count). The number of nitrogens with one attached hydrogen (secondary N) is 1. The molecule has 1 aliphatic rings. The molecule has 1 fully saturated rings. The number of rotatable bonds is 7. The molecule has 1 saturated heterocycles. The summed E-state index contributed by atoms with van der Waals surface area (Å²) in [5.74, 6) is 1.09. The smallest absolute Gasteiger partial charge is 0.255 e. The molecule has 0 spiro atoms. The highest BCUT2D eigenvalue weighted by molar-refractivity contribution is 6.05. The van der Waals surface area contributed by atoms with Crippen molar-refractivity contribution in [2.75, 3.05) is 36.5 Å². The molecule has 0 aliphatic carbocycles. The molecule has 2 aromatic carbocycles. The second-order valence-corrected chi connectivity index (χ2v) is 6.26. The van der Waals surface area contributed by atoms with E-state index >= 15 is 0 Å². The summed E-state index contributed by atoms with van der Waals surface area (Å²) in [7, 11) is 0. The molecule has 5 heteroatoms. The highest BCUT2D eigenvalue weighted by Crippen LogP contribution is 2.26. The predicted octanol–water partition coefficient (Wildman–Crippen LogP) is 4.34. The molecule has 0 radical (unpaired) electrons. The largest absolute Gasteiger partial charge is 0.494 e. The van der Waals surface area contributed by atoms with Crippen LogP contribution >= 0.6 is 0 Å². The Balaban J connectivity index is 1.77. The lowest BCUT2D eigenvalue weighted by molar-refractivity contribution is 0.102. The summed E-state index contributed by atoms with van der Waals surface area (Å²) in [4.78, 5) is 15.1. The van der Waals surface area contributed by atoms with Crippen molar-refractivity contribution in [3.63, 3.8) is 0 Å². The molecule has 1 amide bonds. The van der Waals surface area contributed by atoms with E-state index in [2.05, 4.69) is 16.3 Å². The van der Waals surface area contributed by atoms with Gasteiger partial charge in [-0.05, 0) is 57.0 Å². The van der Waals surface area contributed by atoms with Crippen molar-refractivity contribution in [3.8, 4) is 11.5 Å². The van der Waals surface area contributed by atoms with Crippen LogP contribution in [0.2, 0.25) is 0 Å². The quantitative estimate of drug-likeness (QED) is 0.804. The van der Waals surface area contributed by atoms with E-state index in [1.165, 1.54) is 12.8 Å². The Morgan fingerprint density at radius 3 is 2.27 bits per heavy atom. The molecule has 0 unspecified atom stereocenters. The zero-order chi connectivity index (χ0) is 18.4. The second kappa shape index (κ2) is 8.61. The molecule has 0 saturated carbocycles. The number of carbonyl (C=O) groups excluding carboxylic acids is 1. The number of hydrogen-bond acceptors (Lipinski definition) is 4. The number of hydrogen-bond donors (Lipinski definition) is 1. The second-order valence-electron chi connectivity index (χ2n) is 6.26. The maximum atomic E-state index is 12.7. The maximum Gasteiger partial charge on any atom is 0.255 e. The molecule has 0 aromatic heterocycles. The van der Waals surface area contributed by atoms with E-state index in [0.29, 0.717) is 30.3 Å². The molecule has 26 heavy (non-hydrogen) atoms. The number of anilines is 2. The van der Waals surface area contributed by atoms with Gasteiger partial charge in [0.1, 0.15) is 11.5 Å². The van der Waals surface area contributed by atoms with Crippen LogP contribution < -0.4 is 19.7 Å². The maximum absolute atomic E-state index is 12.7. The third kappa shape index (κ3) is 4.48.